The lowest BCUT2D eigenvalue weighted by Crippen LogP contribution is -2.21. The zero-order valence-corrected chi connectivity index (χ0v) is 12.3. The molecule has 0 aromatic rings. The Morgan fingerprint density at radius 2 is 1.83 bits per heavy atom. The molecule has 0 heterocycles. The molecular formula is C14H29NO3. The third-order valence-electron chi connectivity index (χ3n) is 2.60. The van der Waals surface area contributed by atoms with Crippen LogP contribution in [0.5, 0.6) is 0 Å². The highest BCUT2D eigenvalue weighted by Gasteiger charge is 2.14. The van der Waals surface area contributed by atoms with E-state index in [9.17, 15) is 4.79 Å². The Labute approximate surface area is 111 Å². The normalized spacial score (nSPS) is 13.1. The summed E-state index contributed by atoms with van der Waals surface area (Å²) in [6, 6.07) is 0. The zero-order chi connectivity index (χ0) is 14.0. The zero-order valence-electron chi connectivity index (χ0n) is 12.3. The second-order valence-corrected chi connectivity index (χ2v) is 5.43. The first-order valence-electron chi connectivity index (χ1n) is 6.93. The monoisotopic (exact) mass is 259 g/mol. The van der Waals surface area contributed by atoms with Gasteiger partial charge in [-0.05, 0) is 38.6 Å². The van der Waals surface area contributed by atoms with E-state index in [-0.39, 0.29) is 18.0 Å². The van der Waals surface area contributed by atoms with E-state index in [1.54, 1.807) is 0 Å². The summed E-state index contributed by atoms with van der Waals surface area (Å²) in [5, 5.41) is 0. The van der Waals surface area contributed by atoms with E-state index in [0.29, 0.717) is 32.1 Å². The Hall–Kier alpha value is -0.610. The molecule has 1 atom stereocenters. The second kappa shape index (κ2) is 10.3. The summed E-state index contributed by atoms with van der Waals surface area (Å²) >= 11 is 0. The van der Waals surface area contributed by atoms with Gasteiger partial charge in [-0.15, -0.1) is 0 Å². The van der Waals surface area contributed by atoms with Gasteiger partial charge in [-0.25, -0.2) is 0 Å². The molecule has 4 heteroatoms. The molecule has 0 aliphatic carbocycles. The minimum atomic E-state index is -0.143. The Bertz CT molecular complexity index is 217. The molecule has 0 radical (unpaired) electrons. The number of hydrogen-bond acceptors (Lipinski definition) is 4. The average Bonchev–Trinajstić information content (AvgIpc) is 2.26. The van der Waals surface area contributed by atoms with Crippen LogP contribution in [0.2, 0.25) is 0 Å². The van der Waals surface area contributed by atoms with Crippen molar-refractivity contribution in [3.05, 3.63) is 0 Å². The predicted octanol–water partition coefficient (Wildman–Crippen LogP) is 2.36. The van der Waals surface area contributed by atoms with Crippen LogP contribution in [0.25, 0.3) is 0 Å². The number of hydrogen-bond donors (Lipinski definition) is 1. The fourth-order valence-electron chi connectivity index (χ4n) is 1.79. The minimum absolute atomic E-state index is 0.143. The quantitative estimate of drug-likeness (QED) is 0.483. The number of carbonyl (C=O) groups excluding carboxylic acids is 1. The summed E-state index contributed by atoms with van der Waals surface area (Å²) in [5.41, 5.74) is 5.65. The summed E-state index contributed by atoms with van der Waals surface area (Å²) in [4.78, 5) is 11.6. The second-order valence-electron chi connectivity index (χ2n) is 5.43. The fourth-order valence-corrected chi connectivity index (χ4v) is 1.79. The molecule has 0 aliphatic rings. The maximum atomic E-state index is 11.6. The fraction of sp³-hybridized carbons (Fsp3) is 0.929. The van der Waals surface area contributed by atoms with E-state index in [0.717, 1.165) is 12.8 Å². The van der Waals surface area contributed by atoms with Crippen molar-refractivity contribution in [2.45, 2.75) is 53.1 Å². The van der Waals surface area contributed by atoms with Crippen LogP contribution in [0.3, 0.4) is 0 Å². The van der Waals surface area contributed by atoms with Gasteiger partial charge in [0, 0.05) is 12.8 Å². The molecule has 2 N–H and O–H groups in total. The molecule has 0 aliphatic heterocycles. The summed E-state index contributed by atoms with van der Waals surface area (Å²) in [6.07, 6.45) is 2.39. The highest BCUT2D eigenvalue weighted by molar-refractivity contribution is 5.69. The first-order chi connectivity index (χ1) is 8.45. The van der Waals surface area contributed by atoms with Crippen molar-refractivity contribution >= 4 is 5.97 Å². The maximum Gasteiger partial charge on any atom is 0.306 e. The molecule has 0 spiro atoms. The Kier molecular flexibility index (Phi) is 9.98. The number of carbonyl (C=O) groups is 1. The van der Waals surface area contributed by atoms with E-state index in [4.69, 9.17) is 15.2 Å². The Morgan fingerprint density at radius 1 is 1.17 bits per heavy atom. The van der Waals surface area contributed by atoms with Crippen LogP contribution in [0.4, 0.5) is 0 Å². The highest BCUT2D eigenvalue weighted by Crippen LogP contribution is 2.14. The van der Waals surface area contributed by atoms with Crippen molar-refractivity contribution in [2.75, 3.05) is 19.8 Å². The Morgan fingerprint density at radius 3 is 2.33 bits per heavy atom. The van der Waals surface area contributed by atoms with Gasteiger partial charge in [0.1, 0.15) is 0 Å². The minimum Gasteiger partial charge on any atom is -0.466 e. The summed E-state index contributed by atoms with van der Waals surface area (Å²) in [7, 11) is 0. The standard InChI is InChI=1S/C14H29NO3/c1-11(2)8-13(10-15)9-14(16)18-7-5-6-17-12(3)4/h11-13H,5-10,15H2,1-4H3/t13-/m0/s1. The number of nitrogens with two attached hydrogens (primary N) is 1. The third kappa shape index (κ3) is 10.5. The SMILES string of the molecule is CC(C)C[C@H](CN)CC(=O)OCCCOC(C)C. The summed E-state index contributed by atoms with van der Waals surface area (Å²) in [6.45, 7) is 9.87. The van der Waals surface area contributed by atoms with Gasteiger partial charge in [0.25, 0.3) is 0 Å². The van der Waals surface area contributed by atoms with E-state index >= 15 is 0 Å². The largest absolute Gasteiger partial charge is 0.466 e. The highest BCUT2D eigenvalue weighted by atomic mass is 16.5. The van der Waals surface area contributed by atoms with Crippen LogP contribution in [0, 0.1) is 11.8 Å². The number of ether oxygens (including phenoxy) is 2. The van der Waals surface area contributed by atoms with Crippen LogP contribution < -0.4 is 5.73 Å². The molecule has 18 heavy (non-hydrogen) atoms. The molecule has 0 saturated carbocycles. The lowest BCUT2D eigenvalue weighted by Gasteiger charge is -2.16. The van der Waals surface area contributed by atoms with Crippen LogP contribution in [-0.2, 0) is 14.3 Å². The van der Waals surface area contributed by atoms with E-state index in [1.807, 2.05) is 13.8 Å². The summed E-state index contributed by atoms with van der Waals surface area (Å²) in [5.74, 6) is 0.658. The van der Waals surface area contributed by atoms with Gasteiger partial charge < -0.3 is 15.2 Å². The van der Waals surface area contributed by atoms with Crippen molar-refractivity contribution in [3.63, 3.8) is 0 Å². The first kappa shape index (κ1) is 17.4. The van der Waals surface area contributed by atoms with Crippen molar-refractivity contribution in [2.24, 2.45) is 17.6 Å². The topological polar surface area (TPSA) is 61.6 Å². The van der Waals surface area contributed by atoms with E-state index in [2.05, 4.69) is 13.8 Å². The summed E-state index contributed by atoms with van der Waals surface area (Å²) < 4.78 is 10.5. The van der Waals surface area contributed by atoms with Crippen LogP contribution >= 0.6 is 0 Å². The molecule has 0 aromatic heterocycles. The molecule has 0 unspecified atom stereocenters. The Balaban J connectivity index is 3.62. The lowest BCUT2D eigenvalue weighted by atomic mass is 9.94. The van der Waals surface area contributed by atoms with E-state index in [1.165, 1.54) is 0 Å². The third-order valence-corrected chi connectivity index (χ3v) is 2.60. The molecule has 0 aromatic carbocycles. The molecule has 0 fully saturated rings. The molecule has 0 saturated heterocycles. The van der Waals surface area contributed by atoms with Gasteiger partial charge in [0.2, 0.25) is 0 Å². The average molecular weight is 259 g/mol. The number of rotatable bonds is 10. The lowest BCUT2D eigenvalue weighted by molar-refractivity contribution is -0.145. The maximum absolute atomic E-state index is 11.6. The van der Waals surface area contributed by atoms with Gasteiger partial charge in [-0.3, -0.25) is 4.79 Å². The number of esters is 1. The molecule has 0 rings (SSSR count). The smallest absolute Gasteiger partial charge is 0.306 e. The van der Waals surface area contributed by atoms with Crippen molar-refractivity contribution in [1.82, 2.24) is 0 Å². The van der Waals surface area contributed by atoms with Gasteiger partial charge in [0.15, 0.2) is 0 Å². The molecule has 0 bridgehead atoms. The van der Waals surface area contributed by atoms with E-state index < -0.39 is 0 Å². The van der Waals surface area contributed by atoms with Crippen molar-refractivity contribution < 1.29 is 14.3 Å². The van der Waals surface area contributed by atoms with Crippen molar-refractivity contribution in [3.8, 4) is 0 Å². The van der Waals surface area contributed by atoms with Gasteiger partial charge in [-0.1, -0.05) is 13.8 Å². The van der Waals surface area contributed by atoms with Gasteiger partial charge in [0.05, 0.1) is 19.3 Å². The van der Waals surface area contributed by atoms with Crippen LogP contribution in [-0.4, -0.2) is 31.8 Å². The van der Waals surface area contributed by atoms with Crippen LogP contribution in [0.15, 0.2) is 0 Å². The van der Waals surface area contributed by atoms with Crippen LogP contribution in [0.1, 0.15) is 47.0 Å². The van der Waals surface area contributed by atoms with Gasteiger partial charge >= 0.3 is 5.97 Å². The molecular weight excluding hydrogens is 230 g/mol. The molecule has 0 amide bonds. The van der Waals surface area contributed by atoms with Gasteiger partial charge in [-0.2, -0.15) is 0 Å². The molecule has 108 valence electrons. The predicted molar refractivity (Wildman–Crippen MR) is 73.3 cm³/mol. The molecule has 4 nitrogen and oxygen atoms in total. The first-order valence-corrected chi connectivity index (χ1v) is 6.93. The van der Waals surface area contributed by atoms with Crippen molar-refractivity contribution in [1.29, 1.82) is 0 Å².